The third-order valence-corrected chi connectivity index (χ3v) is 5.29. The van der Waals surface area contributed by atoms with E-state index in [1.54, 1.807) is 0 Å². The zero-order valence-corrected chi connectivity index (χ0v) is 18.7. The molecule has 8 heteroatoms. The minimum atomic E-state index is -0.627. The number of unbranched alkanes of at least 4 members (excludes halogenated alkanes) is 2. The predicted molar refractivity (Wildman–Crippen MR) is 117 cm³/mol. The maximum atomic E-state index is 13.2. The molecule has 1 aromatic carbocycles. The van der Waals surface area contributed by atoms with Crippen molar-refractivity contribution in [1.82, 2.24) is 4.57 Å². The molecule has 0 aliphatic carbocycles. The number of aromatic hydroxyl groups is 1. The summed E-state index contributed by atoms with van der Waals surface area (Å²) < 4.78 is 6.68. The number of nitrogens with zero attached hydrogens (tertiary/aromatic N) is 2. The van der Waals surface area contributed by atoms with Crippen molar-refractivity contribution in [2.24, 2.45) is 0 Å². The Morgan fingerprint density at radius 3 is 2.37 bits per heavy atom. The van der Waals surface area contributed by atoms with Gasteiger partial charge in [-0.15, -0.1) is 0 Å². The summed E-state index contributed by atoms with van der Waals surface area (Å²) >= 11 is 12.6. The lowest BCUT2D eigenvalue weighted by Crippen LogP contribution is -2.26. The Morgan fingerprint density at radius 2 is 1.83 bits per heavy atom. The Hall–Kier alpha value is -2.49. The van der Waals surface area contributed by atoms with E-state index < -0.39 is 17.2 Å². The summed E-state index contributed by atoms with van der Waals surface area (Å²) in [6.07, 6.45) is 3.45. The molecule has 1 heterocycles. The van der Waals surface area contributed by atoms with Gasteiger partial charge in [0.25, 0.3) is 5.56 Å². The largest absolute Gasteiger partial charge is 0.494 e. The summed E-state index contributed by atoms with van der Waals surface area (Å²) in [4.78, 5) is 25.6. The van der Waals surface area contributed by atoms with Gasteiger partial charge in [0.15, 0.2) is 11.5 Å². The maximum absolute atomic E-state index is 13.2. The van der Waals surface area contributed by atoms with Crippen LogP contribution in [0, 0.1) is 18.3 Å². The number of ether oxygens (including phenoxy) is 1. The van der Waals surface area contributed by atoms with Crippen LogP contribution in [-0.4, -0.2) is 22.1 Å². The molecular formula is C22H24Cl2N2O4. The van der Waals surface area contributed by atoms with E-state index in [-0.39, 0.29) is 38.8 Å². The van der Waals surface area contributed by atoms with E-state index >= 15 is 0 Å². The summed E-state index contributed by atoms with van der Waals surface area (Å²) in [6, 6.07) is 4.65. The van der Waals surface area contributed by atoms with Gasteiger partial charge in [0.05, 0.1) is 22.2 Å². The second-order valence-corrected chi connectivity index (χ2v) is 7.74. The zero-order valence-electron chi connectivity index (χ0n) is 17.2. The average Bonchev–Trinajstić information content (AvgIpc) is 2.70. The van der Waals surface area contributed by atoms with Crippen LogP contribution in [0.5, 0.6) is 11.6 Å². The Labute approximate surface area is 185 Å². The lowest BCUT2D eigenvalue weighted by molar-refractivity contribution is 0.103. The highest BCUT2D eigenvalue weighted by Crippen LogP contribution is 2.36. The minimum Gasteiger partial charge on any atom is -0.494 e. The molecule has 0 aliphatic heterocycles. The van der Waals surface area contributed by atoms with Gasteiger partial charge < -0.3 is 9.84 Å². The molecule has 0 saturated heterocycles. The Balaban J connectivity index is 2.52. The molecule has 160 valence electrons. The molecule has 0 amide bonds. The van der Waals surface area contributed by atoms with Crippen LogP contribution in [0.3, 0.4) is 0 Å². The molecule has 0 spiro atoms. The molecular weight excluding hydrogens is 427 g/mol. The normalized spacial score (nSPS) is 10.7. The van der Waals surface area contributed by atoms with Crippen molar-refractivity contribution in [1.29, 1.82) is 5.26 Å². The second-order valence-electron chi connectivity index (χ2n) is 6.92. The van der Waals surface area contributed by atoms with Crippen LogP contribution in [-0.2, 0) is 6.54 Å². The van der Waals surface area contributed by atoms with E-state index in [2.05, 4.69) is 6.92 Å². The van der Waals surface area contributed by atoms with Crippen molar-refractivity contribution < 1.29 is 14.6 Å². The number of carbonyl (C=O) groups is 1. The molecule has 0 radical (unpaired) electrons. The van der Waals surface area contributed by atoms with E-state index in [9.17, 15) is 20.0 Å². The lowest BCUT2D eigenvalue weighted by Gasteiger charge is -2.16. The van der Waals surface area contributed by atoms with Crippen LogP contribution in [0.25, 0.3) is 0 Å². The van der Waals surface area contributed by atoms with E-state index in [4.69, 9.17) is 27.9 Å². The van der Waals surface area contributed by atoms with Crippen molar-refractivity contribution in [3.8, 4) is 17.7 Å². The van der Waals surface area contributed by atoms with Crippen molar-refractivity contribution in [3.05, 3.63) is 54.8 Å². The zero-order chi connectivity index (χ0) is 22.4. The highest BCUT2D eigenvalue weighted by Gasteiger charge is 2.26. The SMILES string of the molecule is CCCCCOc1c(Cl)cc(C(=O)c2c(C)c(C#N)c(=O)n(CCC)c2O)cc1Cl. The quantitative estimate of drug-likeness (QED) is 0.415. The van der Waals surface area contributed by atoms with E-state index in [0.717, 1.165) is 23.8 Å². The molecule has 0 fully saturated rings. The van der Waals surface area contributed by atoms with Gasteiger partial charge >= 0.3 is 0 Å². The van der Waals surface area contributed by atoms with Crippen LogP contribution in [0.2, 0.25) is 10.0 Å². The molecule has 1 aromatic heterocycles. The summed E-state index contributed by atoms with van der Waals surface area (Å²) in [7, 11) is 0. The molecule has 0 bridgehead atoms. The van der Waals surface area contributed by atoms with Crippen molar-refractivity contribution in [3.63, 3.8) is 0 Å². The number of aromatic nitrogens is 1. The fourth-order valence-corrected chi connectivity index (χ4v) is 3.75. The summed E-state index contributed by atoms with van der Waals surface area (Å²) in [5, 5.41) is 20.4. The summed E-state index contributed by atoms with van der Waals surface area (Å²) in [5.74, 6) is -0.774. The molecule has 0 aliphatic rings. The number of hydrogen-bond donors (Lipinski definition) is 1. The Kier molecular flexibility index (Phi) is 8.33. The second kappa shape index (κ2) is 10.5. The van der Waals surface area contributed by atoms with Gasteiger partial charge in [-0.3, -0.25) is 14.2 Å². The predicted octanol–water partition coefficient (Wildman–Crippen LogP) is 5.25. The van der Waals surface area contributed by atoms with Gasteiger partial charge in [-0.05, 0) is 37.5 Å². The molecule has 0 unspecified atom stereocenters. The molecule has 2 rings (SSSR count). The first kappa shape index (κ1) is 23.8. The number of pyridine rings is 1. The third-order valence-electron chi connectivity index (χ3n) is 4.73. The van der Waals surface area contributed by atoms with Gasteiger partial charge in [-0.1, -0.05) is 49.9 Å². The lowest BCUT2D eigenvalue weighted by atomic mass is 9.97. The Morgan fingerprint density at radius 1 is 1.20 bits per heavy atom. The average molecular weight is 451 g/mol. The summed E-state index contributed by atoms with van der Waals surface area (Å²) in [6.45, 7) is 5.98. The van der Waals surface area contributed by atoms with Crippen LogP contribution >= 0.6 is 23.2 Å². The molecule has 0 atom stereocenters. The van der Waals surface area contributed by atoms with E-state index in [0.29, 0.717) is 18.8 Å². The van der Waals surface area contributed by atoms with Crippen molar-refractivity contribution in [2.45, 2.75) is 53.0 Å². The number of hydrogen-bond acceptors (Lipinski definition) is 5. The van der Waals surface area contributed by atoms with E-state index in [1.165, 1.54) is 19.1 Å². The van der Waals surface area contributed by atoms with Gasteiger partial charge in [0.2, 0.25) is 5.88 Å². The first-order chi connectivity index (χ1) is 14.3. The molecule has 30 heavy (non-hydrogen) atoms. The third kappa shape index (κ3) is 4.80. The monoisotopic (exact) mass is 450 g/mol. The van der Waals surface area contributed by atoms with Gasteiger partial charge in [-0.2, -0.15) is 5.26 Å². The highest BCUT2D eigenvalue weighted by molar-refractivity contribution is 6.38. The molecule has 0 saturated carbocycles. The minimum absolute atomic E-state index is 0.115. The smallest absolute Gasteiger partial charge is 0.271 e. The molecule has 1 N–H and O–H groups in total. The van der Waals surface area contributed by atoms with Crippen LogP contribution in [0.1, 0.15) is 66.6 Å². The van der Waals surface area contributed by atoms with Crippen LogP contribution < -0.4 is 10.3 Å². The standard InChI is InChI=1S/C22H24Cl2N2O4/c1-4-6-7-9-30-20-16(23)10-14(11-17(20)24)19(27)18-13(3)15(12-25)21(28)26(8-5-2)22(18)29/h10-11,29H,4-9H2,1-3H3. The fraction of sp³-hybridized carbons (Fsp3) is 0.409. The first-order valence-electron chi connectivity index (χ1n) is 9.81. The maximum Gasteiger partial charge on any atom is 0.271 e. The van der Waals surface area contributed by atoms with Gasteiger partial charge in [0.1, 0.15) is 11.6 Å². The van der Waals surface area contributed by atoms with Crippen molar-refractivity contribution >= 4 is 29.0 Å². The first-order valence-corrected chi connectivity index (χ1v) is 10.6. The summed E-state index contributed by atoms with van der Waals surface area (Å²) in [5.41, 5.74) is -0.696. The topological polar surface area (TPSA) is 92.3 Å². The van der Waals surface area contributed by atoms with E-state index in [1.807, 2.05) is 13.0 Å². The van der Waals surface area contributed by atoms with Gasteiger partial charge in [-0.25, -0.2) is 0 Å². The molecule has 2 aromatic rings. The number of carbonyl (C=O) groups excluding carboxylic acids is 1. The number of benzene rings is 1. The fourth-order valence-electron chi connectivity index (χ4n) is 3.15. The van der Waals surface area contributed by atoms with Crippen LogP contribution in [0.4, 0.5) is 0 Å². The number of rotatable bonds is 9. The number of nitriles is 1. The number of ketones is 1. The molecule has 6 nitrogen and oxygen atoms in total. The highest BCUT2D eigenvalue weighted by atomic mass is 35.5. The van der Waals surface area contributed by atoms with Gasteiger partial charge in [0, 0.05) is 12.1 Å². The number of halogens is 2. The Bertz CT molecular complexity index is 1030. The van der Waals surface area contributed by atoms with Crippen molar-refractivity contribution in [2.75, 3.05) is 6.61 Å². The van der Waals surface area contributed by atoms with Crippen LogP contribution in [0.15, 0.2) is 16.9 Å².